The summed E-state index contributed by atoms with van der Waals surface area (Å²) in [6, 6.07) is 13.9. The van der Waals surface area contributed by atoms with Crippen LogP contribution < -0.4 is 5.32 Å². The van der Waals surface area contributed by atoms with Gasteiger partial charge in [0, 0.05) is 17.4 Å². The summed E-state index contributed by atoms with van der Waals surface area (Å²) in [4.78, 5) is 12.2. The topological polar surface area (TPSA) is 29.1 Å². The van der Waals surface area contributed by atoms with Gasteiger partial charge in [-0.05, 0) is 29.7 Å². The van der Waals surface area contributed by atoms with E-state index < -0.39 is 0 Å². The number of carbonyl (C=O) groups excluding carboxylic acids is 1. The molecule has 3 heteroatoms. The van der Waals surface area contributed by atoms with Crippen LogP contribution >= 0.6 is 15.9 Å². The highest BCUT2D eigenvalue weighted by Gasteiger charge is 2.08. The van der Waals surface area contributed by atoms with Crippen molar-refractivity contribution in [1.82, 2.24) is 5.32 Å². The Morgan fingerprint density at radius 1 is 0.950 bits per heavy atom. The molecular weight excluding hydrogens is 314 g/mol. The Hall–Kier alpha value is -1.35. The molecule has 2 aromatic carbocycles. The van der Waals surface area contributed by atoms with Crippen LogP contribution in [-0.4, -0.2) is 17.8 Å². The minimum Gasteiger partial charge on any atom is -0.352 e. The number of amides is 1. The third kappa shape index (κ3) is 4.07. The first-order valence-corrected chi connectivity index (χ1v) is 8.27. The van der Waals surface area contributed by atoms with E-state index >= 15 is 0 Å². The molecule has 1 N–H and O–H groups in total. The van der Waals surface area contributed by atoms with E-state index in [9.17, 15) is 4.79 Å². The number of alkyl halides is 1. The first-order valence-electron chi connectivity index (χ1n) is 7.15. The molecule has 0 aliphatic rings. The predicted molar refractivity (Wildman–Crippen MR) is 88.5 cm³/mol. The zero-order chi connectivity index (χ0) is 14.2. The van der Waals surface area contributed by atoms with Crippen molar-refractivity contribution in [3.63, 3.8) is 0 Å². The summed E-state index contributed by atoms with van der Waals surface area (Å²) in [5.74, 6) is 0.0299. The van der Waals surface area contributed by atoms with Crippen molar-refractivity contribution in [3.8, 4) is 0 Å². The number of unbranched alkanes of at least 4 members (excludes halogenated alkanes) is 3. The highest BCUT2D eigenvalue weighted by Crippen LogP contribution is 2.18. The molecule has 2 rings (SSSR count). The molecule has 0 heterocycles. The minimum atomic E-state index is 0.0299. The van der Waals surface area contributed by atoms with Crippen molar-refractivity contribution in [2.45, 2.75) is 25.7 Å². The molecule has 0 bridgehead atoms. The molecule has 0 aliphatic heterocycles. The Morgan fingerprint density at radius 3 is 2.55 bits per heavy atom. The minimum absolute atomic E-state index is 0.0299. The highest BCUT2D eigenvalue weighted by molar-refractivity contribution is 9.09. The summed E-state index contributed by atoms with van der Waals surface area (Å²) >= 11 is 3.43. The van der Waals surface area contributed by atoms with Gasteiger partial charge in [0.1, 0.15) is 0 Å². The van der Waals surface area contributed by atoms with Crippen molar-refractivity contribution in [3.05, 3.63) is 48.0 Å². The van der Waals surface area contributed by atoms with E-state index in [-0.39, 0.29) is 5.91 Å². The lowest BCUT2D eigenvalue weighted by atomic mass is 10.0. The maximum atomic E-state index is 12.2. The molecule has 0 atom stereocenters. The van der Waals surface area contributed by atoms with Crippen LogP contribution in [-0.2, 0) is 0 Å². The Morgan fingerprint density at radius 2 is 1.70 bits per heavy atom. The van der Waals surface area contributed by atoms with Crippen LogP contribution in [0.1, 0.15) is 36.0 Å². The van der Waals surface area contributed by atoms with Gasteiger partial charge in [-0.2, -0.15) is 0 Å². The second kappa shape index (κ2) is 8.05. The smallest absolute Gasteiger partial charge is 0.251 e. The molecule has 0 radical (unpaired) electrons. The van der Waals surface area contributed by atoms with Crippen molar-refractivity contribution in [2.75, 3.05) is 11.9 Å². The van der Waals surface area contributed by atoms with Gasteiger partial charge in [0.2, 0.25) is 0 Å². The third-order valence-corrected chi connectivity index (χ3v) is 3.94. The van der Waals surface area contributed by atoms with Gasteiger partial charge in [0.25, 0.3) is 5.91 Å². The van der Waals surface area contributed by atoms with Gasteiger partial charge in [-0.1, -0.05) is 65.2 Å². The summed E-state index contributed by atoms with van der Waals surface area (Å²) in [6.07, 6.45) is 4.64. The van der Waals surface area contributed by atoms with Crippen molar-refractivity contribution < 1.29 is 4.79 Å². The molecule has 20 heavy (non-hydrogen) atoms. The summed E-state index contributed by atoms with van der Waals surface area (Å²) in [5, 5.41) is 6.21. The van der Waals surface area contributed by atoms with Gasteiger partial charge in [-0.3, -0.25) is 4.79 Å². The number of fused-ring (bicyclic) bond motifs is 1. The summed E-state index contributed by atoms with van der Waals surface area (Å²) in [7, 11) is 0. The number of rotatable bonds is 7. The molecule has 0 fully saturated rings. The second-order valence-electron chi connectivity index (χ2n) is 4.89. The molecule has 2 nitrogen and oxygen atoms in total. The second-order valence-corrected chi connectivity index (χ2v) is 5.68. The lowest BCUT2D eigenvalue weighted by Gasteiger charge is -2.08. The fourth-order valence-corrected chi connectivity index (χ4v) is 2.69. The fraction of sp³-hybridized carbons (Fsp3) is 0.353. The van der Waals surface area contributed by atoms with Crippen LogP contribution in [0.25, 0.3) is 10.8 Å². The lowest BCUT2D eigenvalue weighted by molar-refractivity contribution is 0.0954. The highest BCUT2D eigenvalue weighted by atomic mass is 79.9. The van der Waals surface area contributed by atoms with E-state index in [0.717, 1.165) is 34.6 Å². The van der Waals surface area contributed by atoms with Crippen LogP contribution in [0, 0.1) is 0 Å². The number of hydrogen-bond donors (Lipinski definition) is 1. The van der Waals surface area contributed by atoms with E-state index in [1.54, 1.807) is 0 Å². The first-order chi connectivity index (χ1) is 9.83. The van der Waals surface area contributed by atoms with Crippen molar-refractivity contribution in [2.24, 2.45) is 0 Å². The largest absolute Gasteiger partial charge is 0.352 e. The molecule has 0 spiro atoms. The number of hydrogen-bond acceptors (Lipinski definition) is 1. The zero-order valence-electron chi connectivity index (χ0n) is 11.6. The fourth-order valence-electron chi connectivity index (χ4n) is 2.29. The molecule has 0 aliphatic carbocycles. The molecular formula is C17H20BrNO. The molecule has 0 aromatic heterocycles. The molecule has 106 valence electrons. The third-order valence-electron chi connectivity index (χ3n) is 3.38. The van der Waals surface area contributed by atoms with E-state index in [1.807, 2.05) is 42.5 Å². The van der Waals surface area contributed by atoms with Gasteiger partial charge < -0.3 is 5.32 Å². The van der Waals surface area contributed by atoms with Crippen LogP contribution in [0.2, 0.25) is 0 Å². The van der Waals surface area contributed by atoms with Crippen LogP contribution in [0.15, 0.2) is 42.5 Å². The van der Waals surface area contributed by atoms with Gasteiger partial charge >= 0.3 is 0 Å². The quantitative estimate of drug-likeness (QED) is 0.585. The SMILES string of the molecule is O=C(NCCCCCCBr)c1cccc2ccccc12. The Bertz CT molecular complexity index is 562. The summed E-state index contributed by atoms with van der Waals surface area (Å²) in [6.45, 7) is 0.754. The Kier molecular flexibility index (Phi) is 6.06. The van der Waals surface area contributed by atoms with Gasteiger partial charge in [-0.25, -0.2) is 0 Å². The van der Waals surface area contributed by atoms with Crippen molar-refractivity contribution >= 4 is 32.6 Å². The van der Waals surface area contributed by atoms with Gasteiger partial charge in [0.05, 0.1) is 0 Å². The van der Waals surface area contributed by atoms with E-state index in [2.05, 4.69) is 21.2 Å². The maximum absolute atomic E-state index is 12.2. The number of benzene rings is 2. The van der Waals surface area contributed by atoms with Crippen molar-refractivity contribution in [1.29, 1.82) is 0 Å². The molecule has 0 unspecified atom stereocenters. The van der Waals surface area contributed by atoms with Gasteiger partial charge in [0.15, 0.2) is 0 Å². The molecule has 0 saturated heterocycles. The normalized spacial score (nSPS) is 10.7. The van der Waals surface area contributed by atoms with Gasteiger partial charge in [-0.15, -0.1) is 0 Å². The van der Waals surface area contributed by atoms with Crippen LogP contribution in [0.3, 0.4) is 0 Å². The molecule has 1 amide bonds. The van der Waals surface area contributed by atoms with Crippen LogP contribution in [0.5, 0.6) is 0 Å². The Labute approximate surface area is 128 Å². The lowest BCUT2D eigenvalue weighted by Crippen LogP contribution is -2.24. The summed E-state index contributed by atoms with van der Waals surface area (Å²) < 4.78 is 0. The standard InChI is InChI=1S/C17H20BrNO/c18-12-5-1-2-6-13-19-17(20)16-11-7-9-14-8-3-4-10-15(14)16/h3-4,7-11H,1-2,5-6,12-13H2,(H,19,20). The zero-order valence-corrected chi connectivity index (χ0v) is 13.2. The van der Waals surface area contributed by atoms with E-state index in [0.29, 0.717) is 0 Å². The maximum Gasteiger partial charge on any atom is 0.251 e. The first kappa shape index (κ1) is 15.0. The monoisotopic (exact) mass is 333 g/mol. The molecule has 0 saturated carbocycles. The molecule has 2 aromatic rings. The number of halogens is 1. The van der Waals surface area contributed by atoms with E-state index in [1.165, 1.54) is 19.3 Å². The predicted octanol–water partition coefficient (Wildman–Crippen LogP) is 4.52. The number of nitrogens with one attached hydrogen (secondary N) is 1. The van der Waals surface area contributed by atoms with E-state index in [4.69, 9.17) is 0 Å². The Balaban J connectivity index is 1.91. The average molecular weight is 334 g/mol. The summed E-state index contributed by atoms with van der Waals surface area (Å²) in [5.41, 5.74) is 0.767. The number of carbonyl (C=O) groups is 1. The average Bonchev–Trinajstić information content (AvgIpc) is 2.50. The van der Waals surface area contributed by atoms with Crippen LogP contribution in [0.4, 0.5) is 0 Å².